The Bertz CT molecular complexity index is 1020. The van der Waals surface area contributed by atoms with Gasteiger partial charge in [-0.25, -0.2) is 0 Å². The van der Waals surface area contributed by atoms with Crippen molar-refractivity contribution in [1.82, 2.24) is 4.90 Å². The molecule has 6 heteroatoms. The maximum atomic E-state index is 12.9. The fourth-order valence-corrected chi connectivity index (χ4v) is 3.40. The summed E-state index contributed by atoms with van der Waals surface area (Å²) < 4.78 is 16.4. The first-order valence-electron chi connectivity index (χ1n) is 9.26. The van der Waals surface area contributed by atoms with Crippen LogP contribution >= 0.6 is 0 Å². The fourth-order valence-electron chi connectivity index (χ4n) is 3.40. The molecule has 144 valence electrons. The minimum atomic E-state index is -0.164. The van der Waals surface area contributed by atoms with Crippen LogP contribution in [0.25, 0.3) is 11.0 Å². The van der Waals surface area contributed by atoms with Crippen LogP contribution in [0.4, 0.5) is 0 Å². The van der Waals surface area contributed by atoms with Gasteiger partial charge in [-0.15, -0.1) is 0 Å². The molecule has 1 aliphatic rings. The van der Waals surface area contributed by atoms with Gasteiger partial charge < -0.3 is 18.8 Å². The topological polar surface area (TPSA) is 69.0 Å². The van der Waals surface area contributed by atoms with Crippen LogP contribution in [0.15, 0.2) is 53.1 Å². The van der Waals surface area contributed by atoms with Gasteiger partial charge in [0.05, 0.1) is 12.7 Å². The van der Waals surface area contributed by atoms with E-state index in [4.69, 9.17) is 13.9 Å². The lowest BCUT2D eigenvalue weighted by Gasteiger charge is -2.15. The first-order valence-corrected chi connectivity index (χ1v) is 9.26. The molecular formula is C22H21NO5. The number of hydrogen-bond acceptors (Lipinski definition) is 5. The van der Waals surface area contributed by atoms with Crippen molar-refractivity contribution in [3.8, 4) is 11.5 Å². The van der Waals surface area contributed by atoms with Gasteiger partial charge >= 0.3 is 0 Å². The van der Waals surface area contributed by atoms with Crippen molar-refractivity contribution in [2.24, 2.45) is 0 Å². The lowest BCUT2D eigenvalue weighted by Crippen LogP contribution is -2.32. The first-order chi connectivity index (χ1) is 13.7. The summed E-state index contributed by atoms with van der Waals surface area (Å²) in [6.45, 7) is 1.58. The Kier molecular flexibility index (Phi) is 5.02. The summed E-state index contributed by atoms with van der Waals surface area (Å²) in [4.78, 5) is 26.9. The van der Waals surface area contributed by atoms with E-state index in [2.05, 4.69) is 0 Å². The van der Waals surface area contributed by atoms with Crippen molar-refractivity contribution >= 4 is 22.7 Å². The van der Waals surface area contributed by atoms with E-state index in [-0.39, 0.29) is 18.3 Å². The lowest BCUT2D eigenvalue weighted by molar-refractivity contribution is -0.132. The van der Waals surface area contributed by atoms with Crippen LogP contribution < -0.4 is 9.47 Å². The number of carbonyl (C=O) groups excluding carboxylic acids is 2. The summed E-state index contributed by atoms with van der Waals surface area (Å²) >= 11 is 0. The van der Waals surface area contributed by atoms with Gasteiger partial charge in [-0.05, 0) is 43.2 Å². The van der Waals surface area contributed by atoms with Crippen LogP contribution in [0.1, 0.15) is 28.8 Å². The molecule has 3 aromatic rings. The number of amides is 1. The highest BCUT2D eigenvalue weighted by atomic mass is 16.5. The highest BCUT2D eigenvalue weighted by Crippen LogP contribution is 2.28. The molecule has 28 heavy (non-hydrogen) atoms. The van der Waals surface area contributed by atoms with Gasteiger partial charge in [0.15, 0.2) is 12.4 Å². The third-order valence-corrected chi connectivity index (χ3v) is 4.94. The van der Waals surface area contributed by atoms with Gasteiger partial charge in [0.1, 0.15) is 23.3 Å². The number of fused-ring (bicyclic) bond motifs is 1. The second-order valence-electron chi connectivity index (χ2n) is 6.74. The van der Waals surface area contributed by atoms with Gasteiger partial charge in [-0.2, -0.15) is 0 Å². The summed E-state index contributed by atoms with van der Waals surface area (Å²) in [5.74, 6) is 0.963. The van der Waals surface area contributed by atoms with E-state index in [0.29, 0.717) is 33.6 Å². The van der Waals surface area contributed by atoms with Gasteiger partial charge in [0.25, 0.3) is 5.91 Å². The number of ether oxygens (including phenoxy) is 2. The second-order valence-corrected chi connectivity index (χ2v) is 6.74. The average Bonchev–Trinajstić information content (AvgIpc) is 3.41. The molecule has 4 rings (SSSR count). The molecule has 1 saturated heterocycles. The van der Waals surface area contributed by atoms with E-state index >= 15 is 0 Å². The number of ketones is 1. The molecule has 0 atom stereocenters. The van der Waals surface area contributed by atoms with Gasteiger partial charge in [0, 0.05) is 24.0 Å². The highest BCUT2D eigenvalue weighted by molar-refractivity contribution is 6.16. The standard InChI is InChI=1S/C22H21NO5/c1-26-16-6-4-5-15(11-16)22(25)19-13-28-20-8-7-17(12-18(19)20)27-14-21(24)23-9-2-3-10-23/h4-8,11-13H,2-3,9-10,14H2,1H3. The number of benzene rings is 2. The molecule has 6 nitrogen and oxygen atoms in total. The van der Waals surface area contributed by atoms with Gasteiger partial charge in [-0.1, -0.05) is 12.1 Å². The summed E-state index contributed by atoms with van der Waals surface area (Å²) in [5.41, 5.74) is 1.54. The maximum Gasteiger partial charge on any atom is 0.260 e. The number of hydrogen-bond donors (Lipinski definition) is 0. The molecule has 0 bridgehead atoms. The summed E-state index contributed by atoms with van der Waals surface area (Å²) in [6, 6.07) is 12.2. The smallest absolute Gasteiger partial charge is 0.260 e. The van der Waals surface area contributed by atoms with Crippen molar-refractivity contribution < 1.29 is 23.5 Å². The minimum Gasteiger partial charge on any atom is -0.497 e. The Morgan fingerprint density at radius 1 is 1.07 bits per heavy atom. The second kappa shape index (κ2) is 7.76. The molecule has 2 aromatic carbocycles. The van der Waals surface area contributed by atoms with Crippen molar-refractivity contribution in [1.29, 1.82) is 0 Å². The summed E-state index contributed by atoms with van der Waals surface area (Å²) in [5, 5.41) is 0.652. The maximum absolute atomic E-state index is 12.9. The highest BCUT2D eigenvalue weighted by Gasteiger charge is 2.19. The van der Waals surface area contributed by atoms with Gasteiger partial charge in [-0.3, -0.25) is 9.59 Å². The van der Waals surface area contributed by atoms with Crippen LogP contribution in [-0.2, 0) is 4.79 Å². The van der Waals surface area contributed by atoms with Crippen molar-refractivity contribution in [2.75, 3.05) is 26.8 Å². The Morgan fingerprint density at radius 3 is 2.68 bits per heavy atom. The minimum absolute atomic E-state index is 0.0114. The third-order valence-electron chi connectivity index (χ3n) is 4.94. The Balaban J connectivity index is 1.55. The van der Waals surface area contributed by atoms with E-state index in [1.54, 1.807) is 49.6 Å². The molecule has 0 N–H and O–H groups in total. The summed E-state index contributed by atoms with van der Waals surface area (Å²) in [7, 11) is 1.56. The SMILES string of the molecule is COc1cccc(C(=O)c2coc3ccc(OCC(=O)N4CCCC4)cc23)c1. The average molecular weight is 379 g/mol. The Morgan fingerprint density at radius 2 is 1.89 bits per heavy atom. The lowest BCUT2D eigenvalue weighted by atomic mass is 10.0. The predicted molar refractivity (Wildman–Crippen MR) is 104 cm³/mol. The zero-order valence-electron chi connectivity index (χ0n) is 15.6. The Hall–Kier alpha value is -3.28. The van der Waals surface area contributed by atoms with Crippen LogP contribution in [-0.4, -0.2) is 43.4 Å². The molecule has 0 saturated carbocycles. The largest absolute Gasteiger partial charge is 0.497 e. The van der Waals surface area contributed by atoms with Crippen molar-refractivity contribution in [3.63, 3.8) is 0 Å². The van der Waals surface area contributed by atoms with Crippen molar-refractivity contribution in [3.05, 3.63) is 59.9 Å². The quantitative estimate of drug-likeness (QED) is 0.611. The molecule has 1 amide bonds. The number of rotatable bonds is 6. The third kappa shape index (κ3) is 3.58. The zero-order chi connectivity index (χ0) is 19.5. The number of likely N-dealkylation sites (tertiary alicyclic amines) is 1. The van der Waals surface area contributed by atoms with E-state index in [9.17, 15) is 9.59 Å². The van der Waals surface area contributed by atoms with Gasteiger partial charge in [0.2, 0.25) is 0 Å². The monoisotopic (exact) mass is 379 g/mol. The predicted octanol–water partition coefficient (Wildman–Crippen LogP) is 3.67. The molecule has 1 aromatic heterocycles. The molecular weight excluding hydrogens is 358 g/mol. The molecule has 1 aliphatic heterocycles. The molecule has 2 heterocycles. The number of nitrogens with zero attached hydrogens (tertiary/aromatic N) is 1. The number of carbonyl (C=O) groups is 2. The van der Waals surface area contributed by atoms with E-state index in [1.165, 1.54) is 6.26 Å². The van der Waals surface area contributed by atoms with Crippen LogP contribution in [0.5, 0.6) is 11.5 Å². The normalized spacial score (nSPS) is 13.7. The Labute approximate surface area is 162 Å². The molecule has 0 spiro atoms. The first kappa shape index (κ1) is 18.1. The van der Waals surface area contributed by atoms with E-state index in [0.717, 1.165) is 25.9 Å². The van der Waals surface area contributed by atoms with Crippen LogP contribution in [0.2, 0.25) is 0 Å². The van der Waals surface area contributed by atoms with E-state index < -0.39 is 0 Å². The molecule has 0 radical (unpaired) electrons. The zero-order valence-corrected chi connectivity index (χ0v) is 15.6. The van der Waals surface area contributed by atoms with Crippen molar-refractivity contribution in [2.45, 2.75) is 12.8 Å². The summed E-state index contributed by atoms with van der Waals surface area (Å²) in [6.07, 6.45) is 3.54. The van der Waals surface area contributed by atoms with Crippen LogP contribution in [0.3, 0.4) is 0 Å². The van der Waals surface area contributed by atoms with Crippen LogP contribution in [0, 0.1) is 0 Å². The molecule has 0 aliphatic carbocycles. The number of furan rings is 1. The molecule has 0 unspecified atom stereocenters. The van der Waals surface area contributed by atoms with E-state index in [1.807, 2.05) is 4.90 Å². The number of methoxy groups -OCH3 is 1. The molecule has 1 fully saturated rings. The fraction of sp³-hybridized carbons (Fsp3) is 0.273.